The molecule has 0 aromatic heterocycles. The number of aliphatic hydroxyl groups is 1. The van der Waals surface area contributed by atoms with Crippen LogP contribution >= 0.6 is 0 Å². The number of fused-ring (bicyclic) bond motifs is 3. The van der Waals surface area contributed by atoms with E-state index in [-0.39, 0.29) is 24.2 Å². The summed E-state index contributed by atoms with van der Waals surface area (Å²) < 4.78 is 0. The fourth-order valence-electron chi connectivity index (χ4n) is 6.15. The van der Waals surface area contributed by atoms with Gasteiger partial charge in [0.15, 0.2) is 34.7 Å². The standard InChI is InChI=1S/C25H29N3O8/c1-5-36-27-10(2)12-6-7-15(29)17-13(12)8-11-9-14-19(28(3)4)21(31)18(24(26)34)23(33)25(14,35)22(32)16(11)20(17)30/h6-7,11,14,16,18-19,29,35H,5,8-9H2,1-4H3,(H2,26,34)/t11-,14-,16?,18?,19?,25+/m0/s1. The molecule has 1 amide bonds. The number of amides is 1. The lowest BCUT2D eigenvalue weighted by Gasteiger charge is -2.52. The number of likely N-dealkylation sites (N-methyl/N-ethyl adjacent to an activating group) is 1. The van der Waals surface area contributed by atoms with E-state index in [0.29, 0.717) is 23.4 Å². The molecule has 4 N–H and O–H groups in total. The summed E-state index contributed by atoms with van der Waals surface area (Å²) in [6.07, 6.45) is 0.148. The first-order chi connectivity index (χ1) is 16.9. The number of carbonyl (C=O) groups is 5. The van der Waals surface area contributed by atoms with Gasteiger partial charge in [0.1, 0.15) is 12.4 Å². The molecule has 0 radical (unpaired) electrons. The van der Waals surface area contributed by atoms with Gasteiger partial charge in [0.05, 0.1) is 23.2 Å². The number of carbonyl (C=O) groups excluding carboxylic acids is 5. The molecule has 192 valence electrons. The number of benzene rings is 1. The number of ketones is 4. The zero-order chi connectivity index (χ0) is 26.7. The minimum absolute atomic E-state index is 0.0133. The van der Waals surface area contributed by atoms with Crippen LogP contribution in [-0.2, 0) is 30.4 Å². The Morgan fingerprint density at radius 2 is 1.89 bits per heavy atom. The Morgan fingerprint density at radius 1 is 1.22 bits per heavy atom. The molecule has 1 aromatic rings. The van der Waals surface area contributed by atoms with Crippen LogP contribution in [0.5, 0.6) is 5.75 Å². The molecule has 36 heavy (non-hydrogen) atoms. The van der Waals surface area contributed by atoms with E-state index in [1.807, 2.05) is 0 Å². The highest BCUT2D eigenvalue weighted by Gasteiger charge is 2.69. The van der Waals surface area contributed by atoms with Crippen molar-refractivity contribution in [1.82, 2.24) is 4.90 Å². The van der Waals surface area contributed by atoms with Crippen LogP contribution in [0, 0.1) is 23.7 Å². The Labute approximate surface area is 207 Å². The molecule has 3 unspecified atom stereocenters. The van der Waals surface area contributed by atoms with E-state index in [1.54, 1.807) is 34.0 Å². The van der Waals surface area contributed by atoms with Gasteiger partial charge in [-0.2, -0.15) is 0 Å². The third-order valence-electron chi connectivity index (χ3n) is 7.67. The zero-order valence-corrected chi connectivity index (χ0v) is 20.5. The van der Waals surface area contributed by atoms with Crippen LogP contribution in [0.3, 0.4) is 0 Å². The van der Waals surface area contributed by atoms with Gasteiger partial charge in [0.25, 0.3) is 0 Å². The number of nitrogens with two attached hydrogens (primary N) is 1. The van der Waals surface area contributed by atoms with Gasteiger partial charge >= 0.3 is 0 Å². The Hall–Kier alpha value is -3.44. The molecule has 3 aliphatic rings. The lowest BCUT2D eigenvalue weighted by Crippen LogP contribution is -2.74. The summed E-state index contributed by atoms with van der Waals surface area (Å²) in [4.78, 5) is 72.4. The first-order valence-corrected chi connectivity index (χ1v) is 11.7. The van der Waals surface area contributed by atoms with E-state index < -0.39 is 64.4 Å². The van der Waals surface area contributed by atoms with Crippen LogP contribution < -0.4 is 5.73 Å². The number of phenols is 1. The number of hydrogen-bond acceptors (Lipinski definition) is 10. The SMILES string of the molecule is CCON=C(C)c1ccc(O)c2c1C[C@H]1C[C@H]3C(N(C)C)C(=O)C(C(N)=O)C(=O)[C@]3(O)C(=O)C1C2=O. The lowest BCUT2D eigenvalue weighted by atomic mass is 9.52. The normalized spacial score (nSPS) is 32.2. The Morgan fingerprint density at radius 3 is 2.47 bits per heavy atom. The number of nitrogens with zero attached hydrogens (tertiary/aromatic N) is 2. The first kappa shape index (κ1) is 25.6. The van der Waals surface area contributed by atoms with E-state index >= 15 is 0 Å². The van der Waals surface area contributed by atoms with Crippen molar-refractivity contribution >= 4 is 34.8 Å². The molecule has 0 bridgehead atoms. The first-order valence-electron chi connectivity index (χ1n) is 11.7. The molecular formula is C25H29N3O8. The third kappa shape index (κ3) is 3.48. The second-order valence-electron chi connectivity index (χ2n) is 9.87. The molecule has 0 saturated heterocycles. The van der Waals surface area contributed by atoms with Crippen LogP contribution in [0.2, 0.25) is 0 Å². The summed E-state index contributed by atoms with van der Waals surface area (Å²) in [5.74, 6) is -10.7. The van der Waals surface area contributed by atoms with Gasteiger partial charge in [-0.15, -0.1) is 0 Å². The Bertz CT molecular complexity index is 1220. The van der Waals surface area contributed by atoms with Crippen LogP contribution in [0.15, 0.2) is 17.3 Å². The third-order valence-corrected chi connectivity index (χ3v) is 7.67. The molecule has 2 fully saturated rings. The maximum atomic E-state index is 13.8. The van der Waals surface area contributed by atoms with Crippen molar-refractivity contribution in [3.05, 3.63) is 28.8 Å². The van der Waals surface area contributed by atoms with Gasteiger partial charge in [-0.25, -0.2) is 0 Å². The number of Topliss-reactive ketones (excluding diaryl/α,β-unsaturated/α-hetero) is 4. The van der Waals surface area contributed by atoms with Gasteiger partial charge in [0, 0.05) is 11.5 Å². The molecular weight excluding hydrogens is 470 g/mol. The fraction of sp³-hybridized carbons (Fsp3) is 0.520. The summed E-state index contributed by atoms with van der Waals surface area (Å²) in [6.45, 7) is 3.78. The summed E-state index contributed by atoms with van der Waals surface area (Å²) in [5.41, 5.74) is 4.00. The van der Waals surface area contributed by atoms with E-state index in [0.717, 1.165) is 0 Å². The minimum atomic E-state index is -2.74. The van der Waals surface area contributed by atoms with E-state index in [9.17, 15) is 34.2 Å². The number of hydrogen-bond donors (Lipinski definition) is 3. The van der Waals surface area contributed by atoms with Crippen LogP contribution in [0.1, 0.15) is 41.8 Å². The molecule has 2 saturated carbocycles. The maximum Gasteiger partial charge on any atom is 0.235 e. The largest absolute Gasteiger partial charge is 0.507 e. The summed E-state index contributed by atoms with van der Waals surface area (Å²) in [6, 6.07) is 1.78. The smallest absolute Gasteiger partial charge is 0.235 e. The van der Waals surface area contributed by atoms with Crippen molar-refractivity contribution in [2.24, 2.45) is 34.6 Å². The quantitative estimate of drug-likeness (QED) is 0.277. The molecule has 3 aliphatic carbocycles. The van der Waals surface area contributed by atoms with Crippen molar-refractivity contribution in [3.8, 4) is 5.75 Å². The molecule has 11 heteroatoms. The topological polar surface area (TPSA) is 177 Å². The maximum absolute atomic E-state index is 13.8. The summed E-state index contributed by atoms with van der Waals surface area (Å²) in [5, 5.41) is 26.1. The molecule has 4 rings (SSSR count). The molecule has 0 spiro atoms. The van der Waals surface area contributed by atoms with Gasteiger partial charge in [-0.3, -0.25) is 28.9 Å². The number of oxime groups is 1. The van der Waals surface area contributed by atoms with Crippen LogP contribution in [0.25, 0.3) is 0 Å². The van der Waals surface area contributed by atoms with Crippen LogP contribution in [0.4, 0.5) is 0 Å². The van der Waals surface area contributed by atoms with E-state index in [4.69, 9.17) is 10.6 Å². The van der Waals surface area contributed by atoms with Crippen molar-refractivity contribution in [1.29, 1.82) is 0 Å². The molecule has 11 nitrogen and oxygen atoms in total. The number of phenolic OH excluding ortho intramolecular Hbond substituents is 1. The van der Waals surface area contributed by atoms with E-state index in [1.165, 1.54) is 11.0 Å². The van der Waals surface area contributed by atoms with Crippen molar-refractivity contribution < 1.29 is 39.0 Å². The molecule has 0 heterocycles. The number of aromatic hydroxyl groups is 1. The fourth-order valence-corrected chi connectivity index (χ4v) is 6.15. The number of rotatable bonds is 5. The molecule has 6 atom stereocenters. The highest BCUT2D eigenvalue weighted by molar-refractivity contribution is 6.32. The lowest BCUT2D eigenvalue weighted by molar-refractivity contribution is -0.181. The number of primary amides is 1. The Balaban J connectivity index is 1.87. The van der Waals surface area contributed by atoms with Crippen molar-refractivity contribution in [3.63, 3.8) is 0 Å². The molecule has 0 aliphatic heterocycles. The summed E-state index contributed by atoms with van der Waals surface area (Å²) in [7, 11) is 3.08. The predicted octanol–water partition coefficient (Wildman–Crippen LogP) is -0.372. The van der Waals surface area contributed by atoms with Crippen molar-refractivity contribution in [2.75, 3.05) is 20.7 Å². The van der Waals surface area contributed by atoms with E-state index in [2.05, 4.69) is 5.16 Å². The average molecular weight is 500 g/mol. The monoisotopic (exact) mass is 499 g/mol. The predicted molar refractivity (Wildman–Crippen MR) is 125 cm³/mol. The van der Waals surface area contributed by atoms with Crippen LogP contribution in [-0.4, -0.2) is 82.2 Å². The highest BCUT2D eigenvalue weighted by Crippen LogP contribution is 2.51. The van der Waals surface area contributed by atoms with Gasteiger partial charge < -0.3 is 20.8 Å². The van der Waals surface area contributed by atoms with Gasteiger partial charge in [-0.1, -0.05) is 5.16 Å². The summed E-state index contributed by atoms with van der Waals surface area (Å²) >= 11 is 0. The minimum Gasteiger partial charge on any atom is -0.507 e. The second-order valence-corrected chi connectivity index (χ2v) is 9.87. The average Bonchev–Trinajstić information content (AvgIpc) is 2.79. The zero-order valence-electron chi connectivity index (χ0n) is 20.5. The van der Waals surface area contributed by atoms with Gasteiger partial charge in [0.2, 0.25) is 5.91 Å². The highest BCUT2D eigenvalue weighted by atomic mass is 16.6. The van der Waals surface area contributed by atoms with Gasteiger partial charge in [-0.05, 0) is 64.4 Å². The van der Waals surface area contributed by atoms with Crippen molar-refractivity contribution in [2.45, 2.75) is 38.3 Å². The second kappa shape index (κ2) is 8.90. The Kier molecular flexibility index (Phi) is 6.34. The molecule has 1 aromatic carbocycles.